The third-order valence-electron chi connectivity index (χ3n) is 3.86. The van der Waals surface area contributed by atoms with Crippen LogP contribution in [0.1, 0.15) is 18.1 Å². The predicted octanol–water partition coefficient (Wildman–Crippen LogP) is 3.38. The first-order valence-electron chi connectivity index (χ1n) is 7.98. The number of benzene rings is 2. The lowest BCUT2D eigenvalue weighted by Crippen LogP contribution is -2.30. The molecule has 1 atom stereocenters. The second-order valence-electron chi connectivity index (χ2n) is 5.85. The van der Waals surface area contributed by atoms with E-state index < -0.39 is 11.7 Å². The number of hydrogen-bond donors (Lipinski definition) is 1. The molecule has 0 saturated heterocycles. The van der Waals surface area contributed by atoms with Gasteiger partial charge >= 0.3 is 5.63 Å². The highest BCUT2D eigenvalue weighted by molar-refractivity contribution is 5.94. The van der Waals surface area contributed by atoms with Gasteiger partial charge in [-0.1, -0.05) is 6.07 Å². The summed E-state index contributed by atoms with van der Waals surface area (Å²) in [7, 11) is 0. The average molecular weight is 348 g/mol. The van der Waals surface area contributed by atoms with Crippen molar-refractivity contribution >= 4 is 22.6 Å². The molecule has 1 unspecified atom stereocenters. The van der Waals surface area contributed by atoms with Gasteiger partial charge < -0.3 is 14.5 Å². The van der Waals surface area contributed by atoms with Crippen LogP contribution in [0.15, 0.2) is 57.7 Å². The van der Waals surface area contributed by atoms with Crippen LogP contribution in [0.5, 0.6) is 5.75 Å². The highest BCUT2D eigenvalue weighted by atomic mass is 16.5. The molecule has 6 nitrogen and oxygen atoms in total. The summed E-state index contributed by atoms with van der Waals surface area (Å²) in [5.74, 6) is 0.0607. The summed E-state index contributed by atoms with van der Waals surface area (Å²) in [5, 5.41) is 12.4. The molecule has 0 fully saturated rings. The molecular weight excluding hydrogens is 332 g/mol. The third-order valence-corrected chi connectivity index (χ3v) is 3.86. The number of nitrogens with zero attached hydrogens (tertiary/aromatic N) is 1. The maximum Gasteiger partial charge on any atom is 0.336 e. The molecule has 0 spiro atoms. The number of rotatable bonds is 4. The van der Waals surface area contributed by atoms with Crippen molar-refractivity contribution in [3.63, 3.8) is 0 Å². The number of carbonyl (C=O) groups excluding carboxylic acids is 1. The number of aryl methyl sites for hydroxylation is 1. The van der Waals surface area contributed by atoms with E-state index in [0.717, 1.165) is 10.9 Å². The van der Waals surface area contributed by atoms with Gasteiger partial charge in [-0.05, 0) is 49.7 Å². The summed E-state index contributed by atoms with van der Waals surface area (Å²) in [6.45, 7) is 3.44. The Morgan fingerprint density at radius 2 is 2.04 bits per heavy atom. The van der Waals surface area contributed by atoms with Crippen molar-refractivity contribution in [2.45, 2.75) is 20.0 Å². The molecule has 6 heteroatoms. The summed E-state index contributed by atoms with van der Waals surface area (Å²) < 4.78 is 10.8. The number of anilines is 1. The van der Waals surface area contributed by atoms with Gasteiger partial charge in [0.2, 0.25) is 0 Å². The second kappa shape index (κ2) is 7.11. The van der Waals surface area contributed by atoms with Crippen LogP contribution in [-0.4, -0.2) is 12.0 Å². The first-order valence-corrected chi connectivity index (χ1v) is 7.98. The number of ether oxygens (including phenoxy) is 1. The van der Waals surface area contributed by atoms with Gasteiger partial charge in [0, 0.05) is 23.2 Å². The molecule has 0 aliphatic heterocycles. The van der Waals surface area contributed by atoms with E-state index in [-0.39, 0.29) is 5.91 Å². The van der Waals surface area contributed by atoms with Crippen LogP contribution in [-0.2, 0) is 4.79 Å². The van der Waals surface area contributed by atoms with Crippen LogP contribution in [0.3, 0.4) is 0 Å². The zero-order valence-corrected chi connectivity index (χ0v) is 14.3. The van der Waals surface area contributed by atoms with E-state index in [9.17, 15) is 9.59 Å². The van der Waals surface area contributed by atoms with Crippen LogP contribution < -0.4 is 15.7 Å². The molecule has 26 heavy (non-hydrogen) atoms. The molecule has 3 rings (SSSR count). The second-order valence-corrected chi connectivity index (χ2v) is 5.85. The van der Waals surface area contributed by atoms with Gasteiger partial charge in [-0.2, -0.15) is 5.26 Å². The minimum atomic E-state index is -0.783. The summed E-state index contributed by atoms with van der Waals surface area (Å²) in [6, 6.07) is 15.1. The summed E-state index contributed by atoms with van der Waals surface area (Å²) in [4.78, 5) is 23.8. The lowest BCUT2D eigenvalue weighted by molar-refractivity contribution is -0.122. The van der Waals surface area contributed by atoms with E-state index in [2.05, 4.69) is 5.32 Å². The lowest BCUT2D eigenvalue weighted by atomic mass is 10.1. The first-order chi connectivity index (χ1) is 12.5. The SMILES string of the molecule is Cc1cc(=O)oc2cc(OC(C)C(=O)Nc3cccc(C#N)c3)ccc12. The van der Waals surface area contributed by atoms with Gasteiger partial charge in [-0.3, -0.25) is 4.79 Å². The van der Waals surface area contributed by atoms with Crippen molar-refractivity contribution in [3.8, 4) is 11.8 Å². The highest BCUT2D eigenvalue weighted by Gasteiger charge is 2.16. The van der Waals surface area contributed by atoms with E-state index in [4.69, 9.17) is 14.4 Å². The zero-order valence-electron chi connectivity index (χ0n) is 14.3. The topological polar surface area (TPSA) is 92.3 Å². The van der Waals surface area contributed by atoms with Crippen molar-refractivity contribution in [2.75, 3.05) is 5.32 Å². The number of hydrogen-bond acceptors (Lipinski definition) is 5. The fraction of sp³-hybridized carbons (Fsp3) is 0.150. The van der Waals surface area contributed by atoms with E-state index in [0.29, 0.717) is 22.6 Å². The molecule has 2 aromatic carbocycles. The van der Waals surface area contributed by atoms with Crippen LogP contribution in [0.25, 0.3) is 11.0 Å². The van der Waals surface area contributed by atoms with Crippen molar-refractivity contribution in [1.82, 2.24) is 0 Å². The molecule has 1 N–H and O–H groups in total. The number of nitrogens with one attached hydrogen (secondary N) is 1. The van der Waals surface area contributed by atoms with Gasteiger partial charge in [-0.25, -0.2) is 4.79 Å². The number of carbonyl (C=O) groups is 1. The lowest BCUT2D eigenvalue weighted by Gasteiger charge is -2.15. The van der Waals surface area contributed by atoms with Crippen molar-refractivity contribution < 1.29 is 13.9 Å². The quantitative estimate of drug-likeness (QED) is 0.730. The summed E-state index contributed by atoms with van der Waals surface area (Å²) in [5.41, 5.74) is 1.75. The molecule has 0 bridgehead atoms. The Hall–Kier alpha value is -3.59. The van der Waals surface area contributed by atoms with Gasteiger partial charge in [0.05, 0.1) is 11.6 Å². The molecule has 130 valence electrons. The minimum Gasteiger partial charge on any atom is -0.481 e. The van der Waals surface area contributed by atoms with Crippen molar-refractivity contribution in [2.24, 2.45) is 0 Å². The van der Waals surface area contributed by atoms with Crippen LogP contribution >= 0.6 is 0 Å². The first kappa shape index (κ1) is 17.2. The standard InChI is InChI=1S/C20H16N2O4/c1-12-8-19(23)26-18-10-16(6-7-17(12)18)25-13(2)20(24)22-15-5-3-4-14(9-15)11-21/h3-10,13H,1-2H3,(H,22,24). The summed E-state index contributed by atoms with van der Waals surface area (Å²) in [6.07, 6.45) is -0.783. The Bertz CT molecular complexity index is 1080. The Morgan fingerprint density at radius 1 is 1.23 bits per heavy atom. The van der Waals surface area contributed by atoms with Crippen LogP contribution in [0.4, 0.5) is 5.69 Å². The largest absolute Gasteiger partial charge is 0.481 e. The van der Waals surface area contributed by atoms with Gasteiger partial charge in [0.15, 0.2) is 6.10 Å². The average Bonchev–Trinajstić information content (AvgIpc) is 2.61. The van der Waals surface area contributed by atoms with E-state index in [1.807, 2.05) is 13.0 Å². The molecule has 0 saturated carbocycles. The van der Waals surface area contributed by atoms with Gasteiger partial charge in [-0.15, -0.1) is 0 Å². The number of amides is 1. The van der Waals surface area contributed by atoms with E-state index in [1.54, 1.807) is 49.4 Å². The third kappa shape index (κ3) is 3.73. The normalized spacial score (nSPS) is 11.6. The van der Waals surface area contributed by atoms with Gasteiger partial charge in [0.1, 0.15) is 11.3 Å². The van der Waals surface area contributed by atoms with Crippen molar-refractivity contribution in [1.29, 1.82) is 5.26 Å². The van der Waals surface area contributed by atoms with E-state index in [1.165, 1.54) is 6.07 Å². The Morgan fingerprint density at radius 3 is 2.81 bits per heavy atom. The molecule has 0 aliphatic carbocycles. The Labute approximate surface area is 149 Å². The predicted molar refractivity (Wildman–Crippen MR) is 97.1 cm³/mol. The monoisotopic (exact) mass is 348 g/mol. The Kier molecular flexibility index (Phi) is 4.72. The van der Waals surface area contributed by atoms with E-state index >= 15 is 0 Å². The maximum atomic E-state index is 12.3. The smallest absolute Gasteiger partial charge is 0.336 e. The van der Waals surface area contributed by atoms with Crippen LogP contribution in [0, 0.1) is 18.3 Å². The molecule has 1 amide bonds. The molecular formula is C20H16N2O4. The summed E-state index contributed by atoms with van der Waals surface area (Å²) >= 11 is 0. The molecule has 0 aliphatic rings. The fourth-order valence-electron chi connectivity index (χ4n) is 2.55. The van der Waals surface area contributed by atoms with Crippen LogP contribution in [0.2, 0.25) is 0 Å². The van der Waals surface area contributed by atoms with Gasteiger partial charge in [0.25, 0.3) is 5.91 Å². The number of fused-ring (bicyclic) bond motifs is 1. The molecule has 0 radical (unpaired) electrons. The number of nitriles is 1. The Balaban J connectivity index is 1.75. The maximum absolute atomic E-state index is 12.3. The highest BCUT2D eigenvalue weighted by Crippen LogP contribution is 2.23. The zero-order chi connectivity index (χ0) is 18.7. The fourth-order valence-corrected chi connectivity index (χ4v) is 2.55. The molecule has 3 aromatic rings. The minimum absolute atomic E-state index is 0.356. The molecule has 1 aromatic heterocycles. The molecule has 1 heterocycles. The van der Waals surface area contributed by atoms with Crippen molar-refractivity contribution in [3.05, 3.63) is 70.1 Å².